The molecule has 3 rings (SSSR count). The molecule has 2 aliphatic rings. The highest BCUT2D eigenvalue weighted by Gasteiger charge is 2.50. The van der Waals surface area contributed by atoms with Gasteiger partial charge in [0.15, 0.2) is 11.5 Å². The predicted octanol–water partition coefficient (Wildman–Crippen LogP) is 4.28. The summed E-state index contributed by atoms with van der Waals surface area (Å²) in [6, 6.07) is 5.90. The second-order valence-corrected chi connectivity index (χ2v) is 8.12. The van der Waals surface area contributed by atoms with Crippen molar-refractivity contribution < 1.29 is 23.8 Å². The van der Waals surface area contributed by atoms with Crippen LogP contribution in [0.5, 0.6) is 11.5 Å². The minimum atomic E-state index is -0.585. The van der Waals surface area contributed by atoms with E-state index in [-0.39, 0.29) is 29.7 Å². The fourth-order valence-corrected chi connectivity index (χ4v) is 4.71. The minimum absolute atomic E-state index is 0.0454. The summed E-state index contributed by atoms with van der Waals surface area (Å²) in [6.45, 7) is 3.58. The summed E-state index contributed by atoms with van der Waals surface area (Å²) in [5.41, 5.74) is 0.436. The molecule has 148 valence electrons. The van der Waals surface area contributed by atoms with Gasteiger partial charge in [-0.3, -0.25) is 9.59 Å². The van der Waals surface area contributed by atoms with Crippen molar-refractivity contribution in [2.45, 2.75) is 64.4 Å². The normalized spacial score (nSPS) is 28.1. The third-order valence-electron chi connectivity index (χ3n) is 6.48. The lowest BCUT2D eigenvalue weighted by Crippen LogP contribution is -2.29. The maximum atomic E-state index is 12.5. The van der Waals surface area contributed by atoms with E-state index in [1.54, 1.807) is 14.0 Å². The molecule has 1 aromatic rings. The molecule has 0 aliphatic heterocycles. The molecule has 0 heterocycles. The maximum Gasteiger partial charge on any atom is 0.308 e. The summed E-state index contributed by atoms with van der Waals surface area (Å²) >= 11 is 0. The number of esters is 1. The first-order valence-electron chi connectivity index (χ1n) is 9.82. The van der Waals surface area contributed by atoms with Crippen LogP contribution in [0, 0.1) is 11.3 Å². The lowest BCUT2D eigenvalue weighted by Gasteiger charge is -2.29. The molecule has 2 saturated carbocycles. The Kier molecular flexibility index (Phi) is 5.78. The Labute approximate surface area is 161 Å². The number of benzene rings is 1. The highest BCUT2D eigenvalue weighted by Crippen LogP contribution is 2.53. The standard InChI is InChI=1S/C22H30O5/c1-14(23)22(2)13-16(21(24)26-4)11-18(22)15-9-10-19(25-3)20(12-15)27-17-7-5-6-8-17/h9-10,12,16-18H,5-8,11,13H2,1-4H3. The Hall–Kier alpha value is -2.04. The van der Waals surface area contributed by atoms with Crippen LogP contribution in [0.25, 0.3) is 0 Å². The van der Waals surface area contributed by atoms with Crippen molar-refractivity contribution in [3.8, 4) is 11.5 Å². The molecule has 5 heteroatoms. The molecule has 2 aliphatic carbocycles. The van der Waals surface area contributed by atoms with E-state index in [1.165, 1.54) is 20.0 Å². The Bertz CT molecular complexity index is 707. The van der Waals surface area contributed by atoms with Gasteiger partial charge < -0.3 is 14.2 Å². The number of methoxy groups -OCH3 is 2. The average molecular weight is 374 g/mol. The van der Waals surface area contributed by atoms with Crippen LogP contribution in [0.2, 0.25) is 0 Å². The first-order chi connectivity index (χ1) is 12.9. The third-order valence-corrected chi connectivity index (χ3v) is 6.48. The van der Waals surface area contributed by atoms with Gasteiger partial charge in [0.2, 0.25) is 0 Å². The van der Waals surface area contributed by atoms with Crippen molar-refractivity contribution in [1.29, 1.82) is 0 Å². The lowest BCUT2D eigenvalue weighted by atomic mass is 9.73. The van der Waals surface area contributed by atoms with Gasteiger partial charge in [-0.2, -0.15) is 0 Å². The third kappa shape index (κ3) is 3.83. The van der Waals surface area contributed by atoms with Gasteiger partial charge >= 0.3 is 5.97 Å². The van der Waals surface area contributed by atoms with E-state index in [1.807, 2.05) is 25.1 Å². The summed E-state index contributed by atoms with van der Waals surface area (Å²) < 4.78 is 16.6. The first-order valence-corrected chi connectivity index (χ1v) is 9.82. The first kappa shape index (κ1) is 19.7. The number of hydrogen-bond donors (Lipinski definition) is 0. The van der Waals surface area contributed by atoms with Gasteiger partial charge in [-0.05, 0) is 69.1 Å². The van der Waals surface area contributed by atoms with Crippen LogP contribution in [0.15, 0.2) is 18.2 Å². The number of hydrogen-bond acceptors (Lipinski definition) is 5. The Morgan fingerprint density at radius 2 is 1.81 bits per heavy atom. The highest BCUT2D eigenvalue weighted by molar-refractivity contribution is 5.85. The van der Waals surface area contributed by atoms with E-state index < -0.39 is 5.41 Å². The van der Waals surface area contributed by atoms with E-state index in [9.17, 15) is 9.59 Å². The van der Waals surface area contributed by atoms with Crippen molar-refractivity contribution in [2.75, 3.05) is 14.2 Å². The van der Waals surface area contributed by atoms with Gasteiger partial charge in [-0.25, -0.2) is 0 Å². The number of carbonyl (C=O) groups excluding carboxylic acids is 2. The zero-order valence-corrected chi connectivity index (χ0v) is 16.7. The molecular weight excluding hydrogens is 344 g/mol. The average Bonchev–Trinajstić information content (AvgIpc) is 3.29. The second-order valence-electron chi connectivity index (χ2n) is 8.12. The zero-order chi connectivity index (χ0) is 19.6. The molecule has 0 N–H and O–H groups in total. The molecule has 0 spiro atoms. The van der Waals surface area contributed by atoms with Crippen molar-refractivity contribution >= 4 is 11.8 Å². The van der Waals surface area contributed by atoms with E-state index in [2.05, 4.69) is 0 Å². The molecule has 0 bridgehead atoms. The van der Waals surface area contributed by atoms with Crippen LogP contribution in [0.1, 0.15) is 63.9 Å². The van der Waals surface area contributed by atoms with E-state index in [4.69, 9.17) is 14.2 Å². The SMILES string of the molecule is COC(=O)C1CC(c2ccc(OC)c(OC3CCCC3)c2)C(C)(C(C)=O)C1. The van der Waals surface area contributed by atoms with Crippen LogP contribution in [-0.4, -0.2) is 32.1 Å². The molecule has 5 nitrogen and oxygen atoms in total. The highest BCUT2D eigenvalue weighted by atomic mass is 16.5. The summed E-state index contributed by atoms with van der Waals surface area (Å²) in [7, 11) is 3.04. The molecule has 0 saturated heterocycles. The number of ketones is 1. The van der Waals surface area contributed by atoms with Crippen molar-refractivity contribution in [1.82, 2.24) is 0 Å². The molecule has 2 fully saturated rings. The molecule has 0 amide bonds. The van der Waals surface area contributed by atoms with Crippen LogP contribution < -0.4 is 9.47 Å². The van der Waals surface area contributed by atoms with Gasteiger partial charge in [-0.15, -0.1) is 0 Å². The largest absolute Gasteiger partial charge is 0.493 e. The molecular formula is C22H30O5. The molecule has 27 heavy (non-hydrogen) atoms. The van der Waals surface area contributed by atoms with E-state index in [0.717, 1.165) is 24.2 Å². The summed E-state index contributed by atoms with van der Waals surface area (Å²) in [6.07, 6.45) is 5.86. The van der Waals surface area contributed by atoms with Crippen molar-refractivity contribution in [3.05, 3.63) is 23.8 Å². The van der Waals surface area contributed by atoms with Crippen LogP contribution >= 0.6 is 0 Å². The molecule has 3 unspecified atom stereocenters. The molecule has 0 aromatic heterocycles. The fourth-order valence-electron chi connectivity index (χ4n) is 4.71. The Morgan fingerprint density at radius 1 is 1.11 bits per heavy atom. The summed E-state index contributed by atoms with van der Waals surface area (Å²) in [5, 5.41) is 0. The number of Topliss-reactive ketones (excluding diaryl/α,β-unsaturated/α-hetero) is 1. The van der Waals surface area contributed by atoms with E-state index in [0.29, 0.717) is 18.6 Å². The quantitative estimate of drug-likeness (QED) is 0.696. The van der Waals surface area contributed by atoms with Crippen LogP contribution in [-0.2, 0) is 14.3 Å². The minimum Gasteiger partial charge on any atom is -0.493 e. The summed E-state index contributed by atoms with van der Waals surface area (Å²) in [5.74, 6) is 1.01. The lowest BCUT2D eigenvalue weighted by molar-refractivity contribution is -0.145. The van der Waals surface area contributed by atoms with Crippen LogP contribution in [0.3, 0.4) is 0 Å². The smallest absolute Gasteiger partial charge is 0.308 e. The van der Waals surface area contributed by atoms with Gasteiger partial charge in [0.05, 0.1) is 26.2 Å². The molecule has 0 radical (unpaired) electrons. The van der Waals surface area contributed by atoms with Gasteiger partial charge in [0, 0.05) is 5.41 Å². The second kappa shape index (κ2) is 7.91. The zero-order valence-electron chi connectivity index (χ0n) is 16.7. The van der Waals surface area contributed by atoms with Crippen molar-refractivity contribution in [2.24, 2.45) is 11.3 Å². The molecule has 3 atom stereocenters. The van der Waals surface area contributed by atoms with Crippen molar-refractivity contribution in [3.63, 3.8) is 0 Å². The van der Waals surface area contributed by atoms with E-state index >= 15 is 0 Å². The molecule has 1 aromatic carbocycles. The van der Waals surface area contributed by atoms with Gasteiger partial charge in [0.25, 0.3) is 0 Å². The number of rotatable bonds is 6. The van der Waals surface area contributed by atoms with Gasteiger partial charge in [-0.1, -0.05) is 13.0 Å². The van der Waals surface area contributed by atoms with Crippen LogP contribution in [0.4, 0.5) is 0 Å². The Balaban J connectivity index is 1.92. The number of carbonyl (C=O) groups is 2. The topological polar surface area (TPSA) is 61.8 Å². The maximum absolute atomic E-state index is 12.5. The fraction of sp³-hybridized carbons (Fsp3) is 0.636. The summed E-state index contributed by atoms with van der Waals surface area (Å²) in [4.78, 5) is 24.6. The monoisotopic (exact) mass is 374 g/mol. The predicted molar refractivity (Wildman–Crippen MR) is 102 cm³/mol. The Morgan fingerprint density at radius 3 is 2.41 bits per heavy atom. The van der Waals surface area contributed by atoms with Gasteiger partial charge in [0.1, 0.15) is 5.78 Å². The number of ether oxygens (including phenoxy) is 3.